The molecule has 0 saturated heterocycles. The van der Waals surface area contributed by atoms with E-state index in [1.165, 1.54) is 51.4 Å². The largest absolute Gasteiger partial charge is 0.542 e. The molecule has 323 valence electrons. The summed E-state index contributed by atoms with van der Waals surface area (Å²) in [6.45, 7) is 32.0. The van der Waals surface area contributed by atoms with E-state index in [2.05, 4.69) is 138 Å². The van der Waals surface area contributed by atoms with Crippen molar-refractivity contribution in [2.75, 3.05) is 13.2 Å². The van der Waals surface area contributed by atoms with E-state index in [9.17, 15) is 5.11 Å². The number of benzene rings is 3. The van der Waals surface area contributed by atoms with Crippen molar-refractivity contribution < 1.29 is 19.0 Å². The number of hydrogen-bond donors (Lipinski definition) is 1. The highest BCUT2D eigenvalue weighted by Gasteiger charge is 2.44. The van der Waals surface area contributed by atoms with Crippen LogP contribution in [0.3, 0.4) is 0 Å². The Balaban J connectivity index is 2.33. The van der Waals surface area contributed by atoms with Gasteiger partial charge < -0.3 is 19.0 Å². The van der Waals surface area contributed by atoms with Crippen molar-refractivity contribution in [1.29, 1.82) is 0 Å². The van der Waals surface area contributed by atoms with Crippen molar-refractivity contribution in [1.82, 2.24) is 0 Å². The van der Waals surface area contributed by atoms with Crippen LogP contribution in [-0.4, -0.2) is 39.6 Å². The molecule has 1 N–H and O–H groups in total. The Kier molecular flexibility index (Phi) is 19.1. The fourth-order valence-corrected chi connectivity index (χ4v) is 8.12. The molecule has 3 aromatic carbocycles. The Bertz CT molecular complexity index is 1630. The minimum absolute atomic E-state index is 0.147. The molecule has 0 fully saturated rings. The summed E-state index contributed by atoms with van der Waals surface area (Å²) in [5.41, 5.74) is 3.71. The summed E-state index contributed by atoms with van der Waals surface area (Å²) >= 11 is 0. The predicted octanol–water partition coefficient (Wildman–Crippen LogP) is 14.4. The van der Waals surface area contributed by atoms with Crippen LogP contribution < -0.4 is 13.9 Å². The molecule has 0 aliphatic rings. The maximum absolute atomic E-state index is 14.0. The molecule has 0 heterocycles. The van der Waals surface area contributed by atoms with E-state index in [0.29, 0.717) is 24.7 Å². The van der Waals surface area contributed by atoms with Gasteiger partial charge >= 0.3 is 0 Å². The predicted molar refractivity (Wildman–Crippen MR) is 251 cm³/mol. The molecule has 6 heteroatoms. The van der Waals surface area contributed by atoms with Crippen LogP contribution in [0.4, 0.5) is 0 Å². The van der Waals surface area contributed by atoms with Crippen LogP contribution in [-0.2, 0) is 21.8 Å². The van der Waals surface area contributed by atoms with Crippen LogP contribution in [0.25, 0.3) is 0 Å². The molecule has 1 radical (unpaired) electrons. The summed E-state index contributed by atoms with van der Waals surface area (Å²) in [6.07, 6.45) is 16.1. The molecule has 3 aromatic rings. The zero-order valence-electron chi connectivity index (χ0n) is 39.4. The lowest BCUT2D eigenvalue weighted by atomic mass is 9.75. The van der Waals surface area contributed by atoms with Crippen LogP contribution in [0.1, 0.15) is 194 Å². The monoisotopic (exact) mass is 813 g/mol. The van der Waals surface area contributed by atoms with Crippen LogP contribution in [0.2, 0.25) is 13.1 Å². The third-order valence-electron chi connectivity index (χ3n) is 11.2. The van der Waals surface area contributed by atoms with Gasteiger partial charge in [0.15, 0.2) is 0 Å². The van der Waals surface area contributed by atoms with Crippen molar-refractivity contribution >= 4 is 15.3 Å². The lowest BCUT2D eigenvalue weighted by molar-refractivity contribution is 0.0519. The van der Waals surface area contributed by atoms with Crippen molar-refractivity contribution in [2.24, 2.45) is 4.99 Å². The second-order valence-electron chi connectivity index (χ2n) is 19.9. The molecule has 58 heavy (non-hydrogen) atoms. The first-order chi connectivity index (χ1) is 27.2. The van der Waals surface area contributed by atoms with Gasteiger partial charge in [-0.1, -0.05) is 165 Å². The van der Waals surface area contributed by atoms with E-state index < -0.39 is 20.7 Å². The van der Waals surface area contributed by atoms with E-state index in [-0.39, 0.29) is 16.2 Å². The molecule has 1 unspecified atom stereocenters. The third-order valence-corrected chi connectivity index (χ3v) is 11.9. The highest BCUT2D eigenvalue weighted by atomic mass is 28.3. The molecule has 0 spiro atoms. The first kappa shape index (κ1) is 49.3. The zero-order valence-corrected chi connectivity index (χ0v) is 40.4. The molecular formula is C52H82NO4Si. The molecule has 0 aromatic heterocycles. The highest BCUT2D eigenvalue weighted by molar-refractivity contribution is 6.49. The normalized spacial score (nSPS) is 13.4. The average molecular weight is 813 g/mol. The fourth-order valence-electron chi connectivity index (χ4n) is 7.50. The highest BCUT2D eigenvalue weighted by Crippen LogP contribution is 2.46. The van der Waals surface area contributed by atoms with Gasteiger partial charge in [-0.2, -0.15) is 0 Å². The molecule has 0 aliphatic heterocycles. The Morgan fingerprint density at radius 2 is 1.03 bits per heavy atom. The quantitative estimate of drug-likeness (QED) is 0.0589. The maximum Gasteiger partial charge on any atom is 0.274 e. The van der Waals surface area contributed by atoms with Gasteiger partial charge in [0, 0.05) is 22.9 Å². The van der Waals surface area contributed by atoms with Gasteiger partial charge in [-0.25, -0.2) is 0 Å². The molecular weight excluding hydrogens is 731 g/mol. The number of rotatable bonds is 23. The van der Waals surface area contributed by atoms with Crippen molar-refractivity contribution in [3.8, 4) is 17.2 Å². The van der Waals surface area contributed by atoms with Crippen molar-refractivity contribution in [3.05, 3.63) is 88.0 Å². The average Bonchev–Trinajstić information content (AvgIpc) is 3.14. The van der Waals surface area contributed by atoms with Gasteiger partial charge in [-0.05, 0) is 96.1 Å². The lowest BCUT2D eigenvalue weighted by Gasteiger charge is -2.37. The SMILES string of the molecule is CCCCCCCCOc1ccc(C(C)(C)C)cc1C(O)(c1cc(C(C)(C)C)ccc1OCCCCCCCC)C(C)N=Cc1c(O[Si](C)C)cccc1C(C)(C)C. The van der Waals surface area contributed by atoms with Crippen LogP contribution in [0.15, 0.2) is 59.6 Å². The smallest absolute Gasteiger partial charge is 0.274 e. The topological polar surface area (TPSA) is 60.3 Å². The number of aliphatic hydroxyl groups is 1. The van der Waals surface area contributed by atoms with E-state index in [4.69, 9.17) is 18.9 Å². The summed E-state index contributed by atoms with van der Waals surface area (Å²) < 4.78 is 20.0. The van der Waals surface area contributed by atoms with Crippen LogP contribution in [0.5, 0.6) is 17.2 Å². The van der Waals surface area contributed by atoms with Crippen LogP contribution >= 0.6 is 0 Å². The Morgan fingerprint density at radius 1 is 0.586 bits per heavy atom. The van der Waals surface area contributed by atoms with Gasteiger partial charge in [-0.3, -0.25) is 4.99 Å². The number of unbranched alkanes of at least 4 members (excludes halogenated alkanes) is 10. The molecule has 0 bridgehead atoms. The standard InChI is InChI=1S/C52H82NO4Si/c1-15-17-19-21-23-25-34-55-47-32-30-40(49(4,5)6)36-44(47)52(54,39(3)53-38-42-43(51(10,11)12)28-27-29-46(42)57-58(13)14)45-37-41(50(7,8)9)31-33-48(45)56-35-26-24-22-20-18-16-2/h27-33,36-39,54H,15-26,34-35H2,1-14H3. The summed E-state index contributed by atoms with van der Waals surface area (Å²) in [6, 6.07) is 18.5. The third kappa shape index (κ3) is 14.3. The van der Waals surface area contributed by atoms with Gasteiger partial charge in [-0.15, -0.1) is 0 Å². The first-order valence-corrected chi connectivity index (χ1v) is 25.1. The molecule has 0 saturated carbocycles. The lowest BCUT2D eigenvalue weighted by Crippen LogP contribution is -2.39. The maximum atomic E-state index is 14.0. The van der Waals surface area contributed by atoms with Crippen LogP contribution in [0, 0.1) is 0 Å². The van der Waals surface area contributed by atoms with Gasteiger partial charge in [0.25, 0.3) is 9.04 Å². The second-order valence-corrected chi connectivity index (χ2v) is 21.9. The molecule has 3 rings (SSSR count). The van der Waals surface area contributed by atoms with E-state index in [1.807, 2.05) is 19.2 Å². The Morgan fingerprint density at radius 3 is 1.45 bits per heavy atom. The minimum atomic E-state index is -1.62. The van der Waals surface area contributed by atoms with E-state index in [1.54, 1.807) is 0 Å². The Hall–Kier alpha value is -3.09. The molecule has 0 aliphatic carbocycles. The molecule has 5 nitrogen and oxygen atoms in total. The fraction of sp³-hybridized carbons (Fsp3) is 0.635. The number of ether oxygens (including phenoxy) is 2. The van der Waals surface area contributed by atoms with E-state index >= 15 is 0 Å². The number of hydrogen-bond acceptors (Lipinski definition) is 5. The Labute approximate surface area is 357 Å². The first-order valence-electron chi connectivity index (χ1n) is 22.7. The van der Waals surface area contributed by atoms with Gasteiger partial charge in [0.05, 0.1) is 19.3 Å². The summed E-state index contributed by atoms with van der Waals surface area (Å²) in [5, 5.41) is 14.0. The van der Waals surface area contributed by atoms with Crippen molar-refractivity contribution in [3.63, 3.8) is 0 Å². The number of aliphatic imine (C=N–C) groups is 1. The second kappa shape index (κ2) is 22.5. The zero-order chi connectivity index (χ0) is 43.1. The summed E-state index contributed by atoms with van der Waals surface area (Å²) in [4.78, 5) is 5.35. The van der Waals surface area contributed by atoms with Crippen molar-refractivity contribution in [2.45, 2.75) is 201 Å². The van der Waals surface area contributed by atoms with Gasteiger partial charge in [0.1, 0.15) is 22.8 Å². The minimum Gasteiger partial charge on any atom is -0.542 e. The number of nitrogens with zero attached hydrogens (tertiary/aromatic N) is 1. The molecule has 1 atom stereocenters. The summed E-state index contributed by atoms with van der Waals surface area (Å²) in [5.74, 6) is 2.22. The molecule has 0 amide bonds. The summed E-state index contributed by atoms with van der Waals surface area (Å²) in [7, 11) is -1.05. The van der Waals surface area contributed by atoms with Gasteiger partial charge in [0.2, 0.25) is 0 Å². The van der Waals surface area contributed by atoms with E-state index in [0.717, 1.165) is 64.8 Å².